The summed E-state index contributed by atoms with van der Waals surface area (Å²) in [6, 6.07) is 29.9. The number of benzene rings is 3. The molecule has 0 saturated heterocycles. The number of aliphatic hydroxyl groups excluding tert-OH is 1. The minimum Gasteiger partial charge on any atom is -0.396 e. The summed E-state index contributed by atoms with van der Waals surface area (Å²) in [5.74, 6) is 0.768. The normalized spacial score (nSPS) is 17.5. The minimum absolute atomic E-state index is 0.209. The van der Waals surface area contributed by atoms with E-state index < -0.39 is 0 Å². The molecule has 4 rings (SSSR count). The Morgan fingerprint density at radius 1 is 0.842 bits per heavy atom. The zero-order chi connectivity index (χ0) is 26.4. The van der Waals surface area contributed by atoms with Crippen molar-refractivity contribution in [2.75, 3.05) is 13.2 Å². The molecular weight excluding hydrogens is 468 g/mol. The maximum absolute atomic E-state index is 13.4. The number of carbonyl (C=O) groups is 1. The maximum Gasteiger partial charge on any atom is 0.226 e. The summed E-state index contributed by atoms with van der Waals surface area (Å²) >= 11 is 0. The number of hydrogen-bond donors (Lipinski definition) is 2. The van der Waals surface area contributed by atoms with Gasteiger partial charge in [-0.25, -0.2) is 0 Å². The molecule has 0 aromatic heterocycles. The number of carbonyl (C=O) groups excluding carboxylic acids is 1. The van der Waals surface area contributed by atoms with Crippen LogP contribution in [0.5, 0.6) is 0 Å². The van der Waals surface area contributed by atoms with Crippen molar-refractivity contribution in [3.63, 3.8) is 0 Å². The van der Waals surface area contributed by atoms with E-state index in [4.69, 9.17) is 5.11 Å². The van der Waals surface area contributed by atoms with Crippen LogP contribution in [0.25, 0.3) is 6.08 Å². The number of hydrogen-bond acceptors (Lipinski definition) is 3. The molecule has 1 fully saturated rings. The van der Waals surface area contributed by atoms with Gasteiger partial charge in [0.1, 0.15) is 0 Å². The van der Waals surface area contributed by atoms with E-state index in [0.717, 1.165) is 57.2 Å². The SMILES string of the molecule is O=C(CC=Cc1ccccc1)N(Cc1ccccc1)C1CCC(c2ccc(CNCCCCO)cc2)CC1. The van der Waals surface area contributed by atoms with E-state index in [1.165, 1.54) is 16.7 Å². The molecule has 0 radical (unpaired) electrons. The summed E-state index contributed by atoms with van der Waals surface area (Å²) in [7, 11) is 0. The Hall–Kier alpha value is -3.21. The second-order valence-electron chi connectivity index (χ2n) is 10.4. The fraction of sp³-hybridized carbons (Fsp3) is 0.382. The summed E-state index contributed by atoms with van der Waals surface area (Å²) in [6.45, 7) is 2.75. The van der Waals surface area contributed by atoms with Crippen LogP contribution in [0.3, 0.4) is 0 Å². The molecule has 4 heteroatoms. The highest BCUT2D eigenvalue weighted by molar-refractivity contribution is 5.79. The third kappa shape index (κ3) is 8.68. The molecule has 0 heterocycles. The van der Waals surface area contributed by atoms with Crippen LogP contribution < -0.4 is 5.32 Å². The van der Waals surface area contributed by atoms with Crippen molar-refractivity contribution < 1.29 is 9.90 Å². The number of amides is 1. The average molecular weight is 511 g/mol. The van der Waals surface area contributed by atoms with Crippen molar-refractivity contribution in [2.45, 2.75) is 70.0 Å². The fourth-order valence-electron chi connectivity index (χ4n) is 5.40. The predicted molar refractivity (Wildman–Crippen MR) is 157 cm³/mol. The summed E-state index contributed by atoms with van der Waals surface area (Å²) in [4.78, 5) is 15.6. The molecule has 0 unspecified atom stereocenters. The Labute approximate surface area is 228 Å². The van der Waals surface area contributed by atoms with Gasteiger partial charge in [0.2, 0.25) is 5.91 Å². The predicted octanol–water partition coefficient (Wildman–Crippen LogP) is 6.71. The van der Waals surface area contributed by atoms with Gasteiger partial charge in [-0.15, -0.1) is 0 Å². The lowest BCUT2D eigenvalue weighted by atomic mass is 9.81. The number of unbranched alkanes of at least 4 members (excludes halogenated alkanes) is 1. The monoisotopic (exact) mass is 510 g/mol. The number of nitrogens with zero attached hydrogens (tertiary/aromatic N) is 1. The molecule has 2 N–H and O–H groups in total. The molecule has 0 bridgehead atoms. The van der Waals surface area contributed by atoms with Gasteiger partial charge in [0.25, 0.3) is 0 Å². The molecule has 1 saturated carbocycles. The van der Waals surface area contributed by atoms with Crippen molar-refractivity contribution in [3.8, 4) is 0 Å². The van der Waals surface area contributed by atoms with Crippen molar-refractivity contribution in [1.29, 1.82) is 0 Å². The quantitative estimate of drug-likeness (QED) is 0.251. The van der Waals surface area contributed by atoms with E-state index in [9.17, 15) is 4.79 Å². The molecule has 38 heavy (non-hydrogen) atoms. The molecular formula is C34H42N2O2. The summed E-state index contributed by atoms with van der Waals surface area (Å²) in [5.41, 5.74) is 5.03. The summed E-state index contributed by atoms with van der Waals surface area (Å²) < 4.78 is 0. The summed E-state index contributed by atoms with van der Waals surface area (Å²) in [6.07, 6.45) is 10.6. The zero-order valence-corrected chi connectivity index (χ0v) is 22.5. The van der Waals surface area contributed by atoms with Gasteiger partial charge in [-0.3, -0.25) is 4.79 Å². The lowest BCUT2D eigenvalue weighted by Crippen LogP contribution is -2.41. The first-order valence-corrected chi connectivity index (χ1v) is 14.2. The Bertz CT molecular complexity index is 1100. The van der Waals surface area contributed by atoms with Crippen molar-refractivity contribution in [3.05, 3.63) is 113 Å². The molecule has 0 atom stereocenters. The zero-order valence-electron chi connectivity index (χ0n) is 22.5. The van der Waals surface area contributed by atoms with Crippen LogP contribution in [0.2, 0.25) is 0 Å². The highest BCUT2D eigenvalue weighted by Crippen LogP contribution is 2.35. The second-order valence-corrected chi connectivity index (χ2v) is 10.4. The highest BCUT2D eigenvalue weighted by atomic mass is 16.2. The van der Waals surface area contributed by atoms with Gasteiger partial charge in [-0.1, -0.05) is 97.1 Å². The first-order valence-electron chi connectivity index (χ1n) is 14.2. The molecule has 200 valence electrons. The Morgan fingerprint density at radius 2 is 1.53 bits per heavy atom. The van der Waals surface area contributed by atoms with Crippen LogP contribution in [0.1, 0.15) is 73.1 Å². The van der Waals surface area contributed by atoms with E-state index in [-0.39, 0.29) is 18.6 Å². The molecule has 0 spiro atoms. The molecule has 1 amide bonds. The summed E-state index contributed by atoms with van der Waals surface area (Å²) in [5, 5.41) is 12.4. The van der Waals surface area contributed by atoms with Crippen molar-refractivity contribution >= 4 is 12.0 Å². The standard InChI is InChI=1S/C34H42N2O2/c37-25-8-7-24-35-26-29-16-18-31(19-17-29)32-20-22-33(23-21-32)36(27-30-12-5-2-6-13-30)34(38)15-9-14-28-10-3-1-4-11-28/h1-6,9-14,16-19,32-33,35,37H,7-8,15,20-27H2. The minimum atomic E-state index is 0.209. The van der Waals surface area contributed by atoms with E-state index >= 15 is 0 Å². The third-order valence-corrected chi connectivity index (χ3v) is 7.60. The van der Waals surface area contributed by atoms with Gasteiger partial charge in [0.15, 0.2) is 0 Å². The average Bonchev–Trinajstić information content (AvgIpc) is 2.97. The fourth-order valence-corrected chi connectivity index (χ4v) is 5.40. The Kier molecular flexibility index (Phi) is 11.2. The first kappa shape index (κ1) is 27.8. The van der Waals surface area contributed by atoms with Crippen LogP contribution in [-0.2, 0) is 17.9 Å². The number of nitrogens with one attached hydrogen (secondary N) is 1. The topological polar surface area (TPSA) is 52.6 Å². The largest absolute Gasteiger partial charge is 0.396 e. The lowest BCUT2D eigenvalue weighted by molar-refractivity contribution is -0.134. The van der Waals surface area contributed by atoms with E-state index in [1.54, 1.807) is 0 Å². The van der Waals surface area contributed by atoms with Gasteiger partial charge in [0.05, 0.1) is 0 Å². The van der Waals surface area contributed by atoms with Crippen LogP contribution in [0.4, 0.5) is 0 Å². The van der Waals surface area contributed by atoms with Gasteiger partial charge in [-0.2, -0.15) is 0 Å². The van der Waals surface area contributed by atoms with Crippen LogP contribution in [0.15, 0.2) is 91.0 Å². The molecule has 3 aromatic rings. The third-order valence-electron chi connectivity index (χ3n) is 7.60. The van der Waals surface area contributed by atoms with Crippen molar-refractivity contribution in [1.82, 2.24) is 10.2 Å². The Morgan fingerprint density at radius 3 is 2.21 bits per heavy atom. The molecule has 1 aliphatic rings. The molecule has 3 aromatic carbocycles. The highest BCUT2D eigenvalue weighted by Gasteiger charge is 2.29. The number of rotatable bonds is 13. The van der Waals surface area contributed by atoms with Crippen LogP contribution >= 0.6 is 0 Å². The van der Waals surface area contributed by atoms with E-state index in [2.05, 4.69) is 70.9 Å². The Balaban J connectivity index is 1.33. The van der Waals surface area contributed by atoms with Gasteiger partial charge >= 0.3 is 0 Å². The lowest BCUT2D eigenvalue weighted by Gasteiger charge is -2.37. The van der Waals surface area contributed by atoms with Gasteiger partial charge < -0.3 is 15.3 Å². The second kappa shape index (κ2) is 15.3. The van der Waals surface area contributed by atoms with Crippen LogP contribution in [-0.4, -0.2) is 35.1 Å². The van der Waals surface area contributed by atoms with Crippen LogP contribution in [0, 0.1) is 0 Å². The van der Waals surface area contributed by atoms with E-state index in [1.807, 2.05) is 36.4 Å². The smallest absolute Gasteiger partial charge is 0.226 e. The molecule has 0 aliphatic heterocycles. The molecule has 1 aliphatic carbocycles. The number of aliphatic hydroxyl groups is 1. The van der Waals surface area contributed by atoms with E-state index in [0.29, 0.717) is 18.9 Å². The van der Waals surface area contributed by atoms with Crippen molar-refractivity contribution in [2.24, 2.45) is 0 Å². The molecule has 4 nitrogen and oxygen atoms in total. The van der Waals surface area contributed by atoms with Gasteiger partial charge in [0, 0.05) is 32.2 Å². The van der Waals surface area contributed by atoms with Gasteiger partial charge in [-0.05, 0) is 73.2 Å². The first-order chi connectivity index (χ1) is 18.7. The maximum atomic E-state index is 13.4.